The van der Waals surface area contributed by atoms with E-state index in [4.69, 9.17) is 4.74 Å². The number of amides is 1. The predicted molar refractivity (Wildman–Crippen MR) is 127 cm³/mol. The normalized spacial score (nSPS) is 15.8. The number of para-hydroxylation sites is 1. The first kappa shape index (κ1) is 21.9. The number of allylic oxidation sites excluding steroid dienone is 1. The molecule has 1 aromatic heterocycles. The highest BCUT2D eigenvalue weighted by molar-refractivity contribution is 5.83. The standard InChI is InChI=1S/C27H29N2O3/c1-27(2,3)32-26(31)29(15-14-21-18-28-24-9-5-4-8-22(21)24)25-13-11-20-17-19(7-6-16-30)10-12-23(20)25/h4-10,12,17-18,25,28H,11,13-15H2,1-3H3/b7-6+. The van der Waals surface area contributed by atoms with Crippen LogP contribution in [0.25, 0.3) is 17.0 Å². The molecule has 0 bridgehead atoms. The fraction of sp³-hybridized carbons (Fsp3) is 0.333. The molecular formula is C27H29N2O3. The van der Waals surface area contributed by atoms with Crippen molar-refractivity contribution < 1.29 is 14.3 Å². The van der Waals surface area contributed by atoms with Crippen LogP contribution in [0, 0.1) is 0 Å². The Kier molecular flexibility index (Phi) is 6.17. The van der Waals surface area contributed by atoms with Crippen molar-refractivity contribution in [1.82, 2.24) is 9.88 Å². The molecule has 1 N–H and O–H groups in total. The number of ether oxygens (including phenoxy) is 1. The number of carbonyl (C=O) groups is 1. The average molecular weight is 430 g/mol. The van der Waals surface area contributed by atoms with E-state index in [9.17, 15) is 9.59 Å². The molecule has 0 fully saturated rings. The summed E-state index contributed by atoms with van der Waals surface area (Å²) in [5.41, 5.74) is 5.07. The third kappa shape index (κ3) is 4.77. The summed E-state index contributed by atoms with van der Waals surface area (Å²) in [4.78, 5) is 29.0. The van der Waals surface area contributed by atoms with Gasteiger partial charge in [-0.3, -0.25) is 4.79 Å². The van der Waals surface area contributed by atoms with Crippen LogP contribution in [0.2, 0.25) is 0 Å². The Hall–Kier alpha value is -3.34. The molecule has 1 amide bonds. The third-order valence-corrected chi connectivity index (χ3v) is 5.86. The third-order valence-electron chi connectivity index (χ3n) is 5.86. The van der Waals surface area contributed by atoms with Gasteiger partial charge < -0.3 is 14.6 Å². The summed E-state index contributed by atoms with van der Waals surface area (Å²) in [5, 5.41) is 1.19. The van der Waals surface area contributed by atoms with Gasteiger partial charge in [0.2, 0.25) is 6.29 Å². The van der Waals surface area contributed by atoms with Crippen molar-refractivity contribution in [3.05, 3.63) is 77.0 Å². The maximum atomic E-state index is 13.2. The van der Waals surface area contributed by atoms with Gasteiger partial charge >= 0.3 is 6.09 Å². The number of fused-ring (bicyclic) bond motifs is 2. The minimum atomic E-state index is -0.558. The number of rotatable bonds is 6. The molecular weight excluding hydrogens is 400 g/mol. The van der Waals surface area contributed by atoms with Crippen LogP contribution in [0.4, 0.5) is 4.79 Å². The van der Waals surface area contributed by atoms with Crippen LogP contribution in [0.15, 0.2) is 54.7 Å². The number of aromatic amines is 1. The second-order valence-electron chi connectivity index (χ2n) is 9.25. The van der Waals surface area contributed by atoms with Crippen LogP contribution in [0.1, 0.15) is 55.5 Å². The fourth-order valence-corrected chi connectivity index (χ4v) is 4.45. The quantitative estimate of drug-likeness (QED) is 0.507. The number of H-pyrrole nitrogens is 1. The molecule has 3 aromatic rings. The van der Waals surface area contributed by atoms with Crippen LogP contribution in [0.3, 0.4) is 0 Å². The zero-order chi connectivity index (χ0) is 22.7. The first-order chi connectivity index (χ1) is 15.4. The molecule has 1 aliphatic carbocycles. The summed E-state index contributed by atoms with van der Waals surface area (Å²) >= 11 is 0. The number of carbonyl (C=O) groups excluding carboxylic acids is 2. The Morgan fingerprint density at radius 1 is 1.25 bits per heavy atom. The zero-order valence-corrected chi connectivity index (χ0v) is 18.9. The largest absolute Gasteiger partial charge is 0.444 e. The summed E-state index contributed by atoms with van der Waals surface area (Å²) < 4.78 is 5.79. The van der Waals surface area contributed by atoms with Gasteiger partial charge in [0.15, 0.2) is 0 Å². The molecule has 1 unspecified atom stereocenters. The summed E-state index contributed by atoms with van der Waals surface area (Å²) in [6.45, 7) is 6.26. The van der Waals surface area contributed by atoms with Crippen LogP contribution in [0.5, 0.6) is 0 Å². The average Bonchev–Trinajstić information content (AvgIpc) is 3.35. The summed E-state index contributed by atoms with van der Waals surface area (Å²) in [6.07, 6.45) is 9.15. The van der Waals surface area contributed by atoms with Gasteiger partial charge in [-0.1, -0.05) is 42.5 Å². The van der Waals surface area contributed by atoms with Crippen LogP contribution < -0.4 is 0 Å². The number of hydrogen-bond donors (Lipinski definition) is 1. The van der Waals surface area contributed by atoms with Gasteiger partial charge in [0.1, 0.15) is 5.60 Å². The fourth-order valence-electron chi connectivity index (χ4n) is 4.45. The van der Waals surface area contributed by atoms with Crippen molar-refractivity contribution in [2.24, 2.45) is 0 Å². The minimum Gasteiger partial charge on any atom is -0.444 e. The second-order valence-corrected chi connectivity index (χ2v) is 9.25. The minimum absolute atomic E-state index is 0.0271. The molecule has 1 radical (unpaired) electrons. The lowest BCUT2D eigenvalue weighted by Crippen LogP contribution is -2.40. The predicted octanol–water partition coefficient (Wildman–Crippen LogP) is 5.76. The van der Waals surface area contributed by atoms with E-state index in [0.29, 0.717) is 6.54 Å². The molecule has 32 heavy (non-hydrogen) atoms. The Morgan fingerprint density at radius 2 is 2.06 bits per heavy atom. The van der Waals surface area contributed by atoms with E-state index in [1.165, 1.54) is 22.6 Å². The maximum absolute atomic E-state index is 13.2. The van der Waals surface area contributed by atoms with E-state index >= 15 is 0 Å². The molecule has 2 aromatic carbocycles. The number of benzene rings is 2. The van der Waals surface area contributed by atoms with Crippen LogP contribution in [-0.2, 0) is 22.4 Å². The van der Waals surface area contributed by atoms with Crippen molar-refractivity contribution >= 4 is 29.4 Å². The number of aromatic nitrogens is 1. The molecule has 1 heterocycles. The van der Waals surface area contributed by atoms with Crippen molar-refractivity contribution in [3.8, 4) is 0 Å². The molecule has 5 nitrogen and oxygen atoms in total. The van der Waals surface area contributed by atoms with Crippen molar-refractivity contribution in [3.63, 3.8) is 0 Å². The highest BCUT2D eigenvalue weighted by Gasteiger charge is 2.33. The first-order valence-electron chi connectivity index (χ1n) is 11.1. The highest BCUT2D eigenvalue weighted by Crippen LogP contribution is 2.37. The van der Waals surface area contributed by atoms with Gasteiger partial charge in [-0.25, -0.2) is 4.79 Å². The summed E-state index contributed by atoms with van der Waals surface area (Å²) in [7, 11) is 0. The SMILES string of the molecule is CC(C)(C)OC(=O)N(CCc1c[nH]c2ccccc12)C1CCc2cc(/C=C/[C]=O)ccc21. The molecule has 4 rings (SSSR count). The molecule has 0 saturated heterocycles. The number of nitrogens with zero attached hydrogens (tertiary/aromatic N) is 1. The molecule has 0 aliphatic heterocycles. The smallest absolute Gasteiger partial charge is 0.410 e. The summed E-state index contributed by atoms with van der Waals surface area (Å²) in [5.74, 6) is 0. The Bertz CT molecular complexity index is 1150. The lowest BCUT2D eigenvalue weighted by atomic mass is 10.0. The van der Waals surface area contributed by atoms with E-state index in [1.807, 2.05) is 50.1 Å². The van der Waals surface area contributed by atoms with E-state index in [2.05, 4.69) is 29.2 Å². The number of hydrogen-bond acceptors (Lipinski definition) is 3. The van der Waals surface area contributed by atoms with E-state index in [1.54, 1.807) is 12.4 Å². The Morgan fingerprint density at radius 3 is 2.84 bits per heavy atom. The van der Waals surface area contributed by atoms with Gasteiger partial charge in [-0.2, -0.15) is 0 Å². The number of nitrogens with one attached hydrogen (secondary N) is 1. The monoisotopic (exact) mass is 429 g/mol. The maximum Gasteiger partial charge on any atom is 0.410 e. The lowest BCUT2D eigenvalue weighted by molar-refractivity contribution is 0.0160. The van der Waals surface area contributed by atoms with Gasteiger partial charge in [0.25, 0.3) is 0 Å². The molecule has 1 aliphatic rings. The molecule has 165 valence electrons. The second kappa shape index (κ2) is 9.03. The van der Waals surface area contributed by atoms with E-state index in [-0.39, 0.29) is 12.1 Å². The van der Waals surface area contributed by atoms with Gasteiger partial charge in [0.05, 0.1) is 6.04 Å². The van der Waals surface area contributed by atoms with Gasteiger partial charge in [-0.15, -0.1) is 0 Å². The van der Waals surface area contributed by atoms with E-state index < -0.39 is 5.60 Å². The van der Waals surface area contributed by atoms with Gasteiger partial charge in [-0.05, 0) is 74.4 Å². The number of aryl methyl sites for hydroxylation is 1. The lowest BCUT2D eigenvalue weighted by Gasteiger charge is -2.32. The molecule has 5 heteroatoms. The van der Waals surface area contributed by atoms with E-state index in [0.717, 1.165) is 35.9 Å². The Balaban J connectivity index is 1.60. The highest BCUT2D eigenvalue weighted by atomic mass is 16.6. The van der Waals surface area contributed by atoms with Crippen molar-refractivity contribution in [2.45, 2.75) is 51.7 Å². The molecule has 0 saturated carbocycles. The molecule has 1 atom stereocenters. The van der Waals surface area contributed by atoms with Crippen molar-refractivity contribution in [1.29, 1.82) is 0 Å². The topological polar surface area (TPSA) is 62.4 Å². The van der Waals surface area contributed by atoms with Crippen molar-refractivity contribution in [2.75, 3.05) is 6.54 Å². The van der Waals surface area contributed by atoms with Crippen LogP contribution >= 0.6 is 0 Å². The Labute approximate surface area is 189 Å². The van der Waals surface area contributed by atoms with Gasteiger partial charge in [0, 0.05) is 23.6 Å². The first-order valence-corrected chi connectivity index (χ1v) is 11.1. The summed E-state index contributed by atoms with van der Waals surface area (Å²) in [6, 6.07) is 14.3. The van der Waals surface area contributed by atoms with Crippen LogP contribution in [-0.4, -0.2) is 34.4 Å². The zero-order valence-electron chi connectivity index (χ0n) is 18.9. The molecule has 0 spiro atoms.